The Hall–Kier alpha value is -3.45. The molecular weight excluding hydrogens is 510 g/mol. The van der Waals surface area contributed by atoms with Gasteiger partial charge in [-0.15, -0.1) is 16.4 Å². The summed E-state index contributed by atoms with van der Waals surface area (Å²) >= 11 is 1.58. The fourth-order valence-corrected chi connectivity index (χ4v) is 6.32. The number of likely N-dealkylation sites (tertiary alicyclic amines) is 1. The number of nitrogens with one attached hydrogen (secondary N) is 1. The molecule has 39 heavy (non-hydrogen) atoms. The Labute approximate surface area is 232 Å². The van der Waals surface area contributed by atoms with E-state index in [4.69, 9.17) is 5.73 Å². The highest BCUT2D eigenvalue weighted by Crippen LogP contribution is 2.29. The number of nitrogen functional groups attached to an aromatic ring is 1. The van der Waals surface area contributed by atoms with Crippen molar-refractivity contribution in [2.75, 3.05) is 63.9 Å². The van der Waals surface area contributed by atoms with E-state index in [-0.39, 0.29) is 5.95 Å². The van der Waals surface area contributed by atoms with Crippen LogP contribution in [0.1, 0.15) is 24.1 Å². The third-order valence-electron chi connectivity index (χ3n) is 7.64. The lowest BCUT2D eigenvalue weighted by molar-refractivity contribution is 0.0709. The van der Waals surface area contributed by atoms with E-state index in [0.29, 0.717) is 11.8 Å². The number of likely N-dealkylation sites (N-methyl/N-ethyl adjacent to an activating group) is 1. The van der Waals surface area contributed by atoms with Gasteiger partial charge in [0.2, 0.25) is 11.9 Å². The van der Waals surface area contributed by atoms with Gasteiger partial charge < -0.3 is 16.0 Å². The molecule has 0 saturated carbocycles. The van der Waals surface area contributed by atoms with Gasteiger partial charge in [-0.3, -0.25) is 14.8 Å². The maximum Gasteiger partial charge on any atom is 0.241 e. The molecule has 0 amide bonds. The van der Waals surface area contributed by atoms with E-state index < -0.39 is 0 Å². The first-order chi connectivity index (χ1) is 19.0. The van der Waals surface area contributed by atoms with Crippen LogP contribution in [0.15, 0.2) is 36.1 Å². The van der Waals surface area contributed by atoms with Crippen molar-refractivity contribution in [1.29, 1.82) is 0 Å². The lowest BCUT2D eigenvalue weighted by atomic mass is 10.0. The Morgan fingerprint density at radius 2 is 1.90 bits per heavy atom. The number of anilines is 3. The van der Waals surface area contributed by atoms with Crippen LogP contribution in [0.5, 0.6) is 0 Å². The highest BCUT2D eigenvalue weighted by Gasteiger charge is 2.26. The number of rotatable bonds is 7. The van der Waals surface area contributed by atoms with Gasteiger partial charge in [-0.05, 0) is 69.1 Å². The summed E-state index contributed by atoms with van der Waals surface area (Å²) in [6, 6.07) is 4.72. The van der Waals surface area contributed by atoms with Crippen molar-refractivity contribution < 1.29 is 0 Å². The van der Waals surface area contributed by atoms with Crippen LogP contribution < -0.4 is 11.1 Å². The number of fused-ring (bicyclic) bond motifs is 1. The number of aromatic nitrogens is 6. The minimum atomic E-state index is 0.164. The SMILES string of the molecule is Cc1csc2c(-n3nc(N)nc3Nc3ccc(C=CCN4CCC(N5CCN(C)CC5)CC4)nc3)ncnc12. The van der Waals surface area contributed by atoms with Crippen LogP contribution in [-0.4, -0.2) is 103 Å². The Morgan fingerprint density at radius 1 is 1.08 bits per heavy atom. The van der Waals surface area contributed by atoms with Crippen molar-refractivity contribution in [3.05, 3.63) is 47.4 Å². The van der Waals surface area contributed by atoms with Gasteiger partial charge in [-0.1, -0.05) is 6.08 Å². The molecule has 12 heteroatoms. The van der Waals surface area contributed by atoms with E-state index in [9.17, 15) is 0 Å². The molecule has 3 N–H and O–H groups in total. The number of nitrogens with zero attached hydrogens (tertiary/aromatic N) is 9. The van der Waals surface area contributed by atoms with Gasteiger partial charge in [0.05, 0.1) is 27.8 Å². The molecular formula is C27H35N11S. The molecule has 2 fully saturated rings. The minimum absolute atomic E-state index is 0.164. The van der Waals surface area contributed by atoms with Crippen LogP contribution in [0.2, 0.25) is 0 Å². The van der Waals surface area contributed by atoms with Crippen LogP contribution in [-0.2, 0) is 0 Å². The van der Waals surface area contributed by atoms with E-state index in [1.54, 1.807) is 22.2 Å². The summed E-state index contributed by atoms with van der Waals surface area (Å²) in [5.74, 6) is 1.28. The van der Waals surface area contributed by atoms with Crippen LogP contribution in [0.3, 0.4) is 0 Å². The predicted molar refractivity (Wildman–Crippen MR) is 157 cm³/mol. The van der Waals surface area contributed by atoms with Crippen molar-refractivity contribution in [2.45, 2.75) is 25.8 Å². The normalized spacial score (nSPS) is 18.4. The largest absolute Gasteiger partial charge is 0.366 e. The van der Waals surface area contributed by atoms with E-state index in [0.717, 1.165) is 52.8 Å². The van der Waals surface area contributed by atoms with Crippen LogP contribution in [0, 0.1) is 6.92 Å². The van der Waals surface area contributed by atoms with Gasteiger partial charge in [0.25, 0.3) is 0 Å². The fraction of sp³-hybridized carbons (Fsp3) is 0.444. The van der Waals surface area contributed by atoms with Gasteiger partial charge >= 0.3 is 0 Å². The summed E-state index contributed by atoms with van der Waals surface area (Å²) < 4.78 is 2.56. The van der Waals surface area contributed by atoms with E-state index in [1.807, 2.05) is 19.1 Å². The number of piperazine rings is 1. The first-order valence-corrected chi connectivity index (χ1v) is 14.4. The molecule has 0 unspecified atom stereocenters. The Morgan fingerprint density at radius 3 is 2.67 bits per heavy atom. The molecule has 4 aromatic rings. The number of hydrogen-bond acceptors (Lipinski definition) is 11. The molecule has 2 aliphatic rings. The summed E-state index contributed by atoms with van der Waals surface area (Å²) in [5.41, 5.74) is 9.67. The van der Waals surface area contributed by atoms with Gasteiger partial charge in [-0.25, -0.2) is 9.97 Å². The fourth-order valence-electron chi connectivity index (χ4n) is 5.35. The van der Waals surface area contributed by atoms with Gasteiger partial charge in [-0.2, -0.15) is 9.67 Å². The second-order valence-electron chi connectivity index (χ2n) is 10.4. The predicted octanol–water partition coefficient (Wildman–Crippen LogP) is 3.03. The van der Waals surface area contributed by atoms with Crippen molar-refractivity contribution in [1.82, 2.24) is 44.4 Å². The molecule has 11 nitrogen and oxygen atoms in total. The number of pyridine rings is 1. The lowest BCUT2D eigenvalue weighted by Gasteiger charge is -2.41. The zero-order valence-electron chi connectivity index (χ0n) is 22.5. The highest BCUT2D eigenvalue weighted by atomic mass is 32.1. The summed E-state index contributed by atoms with van der Waals surface area (Å²) in [6.07, 6.45) is 10.2. The second kappa shape index (κ2) is 11.3. The number of hydrogen-bond donors (Lipinski definition) is 2. The topological polar surface area (TPSA) is 117 Å². The third-order valence-corrected chi connectivity index (χ3v) is 8.73. The maximum atomic E-state index is 5.95. The van der Waals surface area contributed by atoms with E-state index >= 15 is 0 Å². The van der Waals surface area contributed by atoms with E-state index in [2.05, 4.69) is 69.6 Å². The molecule has 0 bridgehead atoms. The molecule has 6 heterocycles. The van der Waals surface area contributed by atoms with Crippen LogP contribution in [0.4, 0.5) is 17.6 Å². The molecule has 2 aliphatic heterocycles. The second-order valence-corrected chi connectivity index (χ2v) is 11.2. The third kappa shape index (κ3) is 5.78. The molecule has 6 rings (SSSR count). The molecule has 4 aromatic heterocycles. The van der Waals surface area contributed by atoms with Gasteiger partial charge in [0.15, 0.2) is 5.82 Å². The van der Waals surface area contributed by atoms with Crippen molar-refractivity contribution in [3.63, 3.8) is 0 Å². The molecule has 0 atom stereocenters. The lowest BCUT2D eigenvalue weighted by Crippen LogP contribution is -2.52. The van der Waals surface area contributed by atoms with Gasteiger partial charge in [0, 0.05) is 38.8 Å². The molecule has 0 aromatic carbocycles. The van der Waals surface area contributed by atoms with Crippen molar-refractivity contribution >= 4 is 45.2 Å². The molecule has 2 saturated heterocycles. The van der Waals surface area contributed by atoms with Crippen molar-refractivity contribution in [3.8, 4) is 5.82 Å². The average molecular weight is 546 g/mol. The van der Waals surface area contributed by atoms with Crippen molar-refractivity contribution in [2.24, 2.45) is 0 Å². The summed E-state index contributed by atoms with van der Waals surface area (Å²) in [5, 5.41) is 9.71. The number of thiophene rings is 1. The number of piperidine rings is 1. The molecule has 0 radical (unpaired) electrons. The molecule has 0 spiro atoms. The molecule has 0 aliphatic carbocycles. The first kappa shape index (κ1) is 25.8. The Kier molecular flexibility index (Phi) is 7.51. The standard InChI is InChI=1S/C27H35N11S/c1-19-17-39-24-23(19)30-18-31-25(24)38-27(33-26(28)34-38)32-21-6-5-20(29-16-21)4-3-9-36-10-7-22(8-11-36)37-14-12-35(2)13-15-37/h3-6,16-18,22H,7-15H2,1-2H3,(H3,28,32,33,34). The summed E-state index contributed by atoms with van der Waals surface area (Å²) in [6.45, 7) is 10.1. The van der Waals surface area contributed by atoms with Crippen LogP contribution >= 0.6 is 11.3 Å². The number of aryl methyl sites for hydroxylation is 1. The molecule has 204 valence electrons. The highest BCUT2D eigenvalue weighted by molar-refractivity contribution is 7.17. The number of nitrogens with two attached hydrogens (primary N) is 1. The summed E-state index contributed by atoms with van der Waals surface area (Å²) in [4.78, 5) is 25.5. The smallest absolute Gasteiger partial charge is 0.241 e. The average Bonchev–Trinajstić information content (AvgIpc) is 3.52. The zero-order chi connectivity index (χ0) is 26.8. The Bertz CT molecular complexity index is 1430. The first-order valence-electron chi connectivity index (χ1n) is 13.5. The van der Waals surface area contributed by atoms with E-state index in [1.165, 1.54) is 45.3 Å². The van der Waals surface area contributed by atoms with Gasteiger partial charge in [0.1, 0.15) is 6.33 Å². The monoisotopic (exact) mass is 545 g/mol. The van der Waals surface area contributed by atoms with Crippen LogP contribution in [0.25, 0.3) is 22.1 Å². The minimum Gasteiger partial charge on any atom is -0.366 e. The maximum absolute atomic E-state index is 5.95. The Balaban J connectivity index is 1.05. The quantitative estimate of drug-likeness (QED) is 0.359. The summed E-state index contributed by atoms with van der Waals surface area (Å²) in [7, 11) is 2.22. The zero-order valence-corrected chi connectivity index (χ0v) is 23.3.